The highest BCUT2D eigenvalue weighted by Gasteiger charge is 2.42. The van der Waals surface area contributed by atoms with E-state index >= 15 is 0 Å². The van der Waals surface area contributed by atoms with Gasteiger partial charge in [0.1, 0.15) is 6.04 Å². The van der Waals surface area contributed by atoms with Gasteiger partial charge in [-0.25, -0.2) is 8.78 Å². The van der Waals surface area contributed by atoms with Gasteiger partial charge in [-0.3, -0.25) is 14.9 Å². The Labute approximate surface area is 111 Å². The maximum atomic E-state index is 13.0. The van der Waals surface area contributed by atoms with Crippen LogP contribution in [0.3, 0.4) is 0 Å². The molecule has 5 nitrogen and oxygen atoms in total. The molecule has 110 valence electrons. The van der Waals surface area contributed by atoms with Crippen LogP contribution < -0.4 is 16.0 Å². The smallest absolute Gasteiger partial charge is 0.262 e. The minimum absolute atomic E-state index is 0.342. The van der Waals surface area contributed by atoms with Crippen molar-refractivity contribution in [1.82, 2.24) is 16.0 Å². The highest BCUT2D eigenvalue weighted by atomic mass is 19.3. The third-order valence-electron chi connectivity index (χ3n) is 2.68. The maximum Gasteiger partial charge on any atom is 0.262 e. The molecule has 3 N–H and O–H groups in total. The first-order valence-electron chi connectivity index (χ1n) is 6.24. The molecule has 1 saturated heterocycles. The van der Waals surface area contributed by atoms with Crippen LogP contribution >= 0.6 is 0 Å². The second-order valence-corrected chi connectivity index (χ2v) is 5.96. The van der Waals surface area contributed by atoms with Crippen LogP contribution in [-0.2, 0) is 9.59 Å². The molecule has 0 saturated carbocycles. The van der Waals surface area contributed by atoms with E-state index in [1.54, 1.807) is 0 Å². The fraction of sp³-hybridized carbons (Fsp3) is 0.833. The molecule has 0 bridgehead atoms. The SMILES string of the molecule is CC(NC(=O)C1CC(F)(F)CN1)C(=O)NC(C)(C)C. The van der Waals surface area contributed by atoms with Crippen molar-refractivity contribution in [3.63, 3.8) is 0 Å². The first kappa shape index (κ1) is 15.8. The molecule has 1 fully saturated rings. The van der Waals surface area contributed by atoms with Crippen molar-refractivity contribution < 1.29 is 18.4 Å². The molecule has 2 unspecified atom stereocenters. The molecule has 0 aromatic rings. The van der Waals surface area contributed by atoms with Gasteiger partial charge in [0, 0.05) is 12.0 Å². The summed E-state index contributed by atoms with van der Waals surface area (Å²) in [5.41, 5.74) is -0.408. The molecule has 2 amide bonds. The number of carbonyl (C=O) groups excluding carboxylic acids is 2. The molecular weight excluding hydrogens is 256 g/mol. The predicted molar refractivity (Wildman–Crippen MR) is 66.9 cm³/mol. The van der Waals surface area contributed by atoms with Crippen molar-refractivity contribution >= 4 is 11.8 Å². The van der Waals surface area contributed by atoms with Crippen LogP contribution in [0.15, 0.2) is 0 Å². The minimum atomic E-state index is -2.86. The first-order chi connectivity index (χ1) is 8.50. The van der Waals surface area contributed by atoms with Gasteiger partial charge in [0.2, 0.25) is 11.8 Å². The van der Waals surface area contributed by atoms with Gasteiger partial charge < -0.3 is 10.6 Å². The van der Waals surface area contributed by atoms with Gasteiger partial charge in [-0.05, 0) is 27.7 Å². The summed E-state index contributed by atoms with van der Waals surface area (Å²) in [6.45, 7) is 6.47. The molecule has 2 atom stereocenters. The lowest BCUT2D eigenvalue weighted by Gasteiger charge is -2.24. The highest BCUT2D eigenvalue weighted by molar-refractivity contribution is 5.89. The van der Waals surface area contributed by atoms with Crippen LogP contribution in [0, 0.1) is 0 Å². The number of rotatable bonds is 3. The molecule has 0 radical (unpaired) electrons. The van der Waals surface area contributed by atoms with Gasteiger partial charge >= 0.3 is 0 Å². The van der Waals surface area contributed by atoms with E-state index in [-0.39, 0.29) is 5.91 Å². The molecule has 7 heteroatoms. The van der Waals surface area contributed by atoms with Crippen LogP contribution in [0.5, 0.6) is 0 Å². The Morgan fingerprint density at radius 1 is 1.37 bits per heavy atom. The van der Waals surface area contributed by atoms with E-state index in [0.717, 1.165) is 0 Å². The van der Waals surface area contributed by atoms with Gasteiger partial charge in [-0.2, -0.15) is 0 Å². The summed E-state index contributed by atoms with van der Waals surface area (Å²) in [6, 6.07) is -1.71. The summed E-state index contributed by atoms with van der Waals surface area (Å²) < 4.78 is 25.9. The zero-order valence-corrected chi connectivity index (χ0v) is 11.6. The largest absolute Gasteiger partial charge is 0.350 e. The van der Waals surface area contributed by atoms with E-state index in [0.29, 0.717) is 0 Å². The fourth-order valence-electron chi connectivity index (χ4n) is 1.76. The molecule has 1 heterocycles. The number of hydrogen-bond donors (Lipinski definition) is 3. The molecular formula is C12H21F2N3O2. The predicted octanol–water partition coefficient (Wildman–Crippen LogP) is 0.403. The van der Waals surface area contributed by atoms with Crippen molar-refractivity contribution in [3.05, 3.63) is 0 Å². The Kier molecular flexibility index (Phi) is 4.50. The van der Waals surface area contributed by atoms with E-state index in [9.17, 15) is 18.4 Å². The lowest BCUT2D eigenvalue weighted by molar-refractivity contribution is -0.130. The van der Waals surface area contributed by atoms with E-state index in [4.69, 9.17) is 0 Å². The van der Waals surface area contributed by atoms with E-state index in [1.807, 2.05) is 20.8 Å². The number of hydrogen-bond acceptors (Lipinski definition) is 3. The van der Waals surface area contributed by atoms with Crippen molar-refractivity contribution in [1.29, 1.82) is 0 Å². The van der Waals surface area contributed by atoms with Gasteiger partial charge in [-0.15, -0.1) is 0 Å². The third-order valence-corrected chi connectivity index (χ3v) is 2.68. The van der Waals surface area contributed by atoms with Crippen LogP contribution in [-0.4, -0.2) is 41.9 Å². The molecule has 0 aliphatic carbocycles. The standard InChI is InChI=1S/C12H21F2N3O2/c1-7(9(18)17-11(2,3)4)16-10(19)8-5-12(13,14)6-15-8/h7-8,15H,5-6H2,1-4H3,(H,16,19)(H,17,18). The zero-order chi connectivity index (χ0) is 14.8. The monoisotopic (exact) mass is 277 g/mol. The second-order valence-electron chi connectivity index (χ2n) is 5.96. The Morgan fingerprint density at radius 3 is 2.37 bits per heavy atom. The Bertz CT molecular complexity index is 366. The first-order valence-corrected chi connectivity index (χ1v) is 6.24. The molecule has 0 aromatic carbocycles. The van der Waals surface area contributed by atoms with E-state index < -0.39 is 42.4 Å². The lowest BCUT2D eigenvalue weighted by Crippen LogP contribution is -2.53. The Balaban J connectivity index is 2.47. The zero-order valence-electron chi connectivity index (χ0n) is 11.6. The minimum Gasteiger partial charge on any atom is -0.350 e. The summed E-state index contributed by atoms with van der Waals surface area (Å²) in [7, 11) is 0. The van der Waals surface area contributed by atoms with Crippen LogP contribution in [0.1, 0.15) is 34.1 Å². The number of alkyl halides is 2. The van der Waals surface area contributed by atoms with Gasteiger partial charge in [0.05, 0.1) is 12.6 Å². The quantitative estimate of drug-likeness (QED) is 0.699. The van der Waals surface area contributed by atoms with Crippen LogP contribution in [0.4, 0.5) is 8.78 Å². The summed E-state index contributed by atoms with van der Waals surface area (Å²) in [6.07, 6.45) is -0.535. The number of halogens is 2. The average Bonchev–Trinajstić information content (AvgIpc) is 2.56. The van der Waals surface area contributed by atoms with Crippen molar-refractivity contribution in [2.45, 2.75) is 57.7 Å². The maximum absolute atomic E-state index is 13.0. The molecule has 0 aromatic heterocycles. The normalized spacial score (nSPS) is 23.8. The Hall–Kier alpha value is -1.24. The summed E-state index contributed by atoms with van der Waals surface area (Å²) >= 11 is 0. The van der Waals surface area contributed by atoms with Crippen LogP contribution in [0.25, 0.3) is 0 Å². The molecule has 1 rings (SSSR count). The number of nitrogens with one attached hydrogen (secondary N) is 3. The van der Waals surface area contributed by atoms with Crippen molar-refractivity contribution in [2.24, 2.45) is 0 Å². The second kappa shape index (κ2) is 5.40. The number of amides is 2. The van der Waals surface area contributed by atoms with Crippen molar-refractivity contribution in [3.8, 4) is 0 Å². The van der Waals surface area contributed by atoms with E-state index in [1.165, 1.54) is 6.92 Å². The fourth-order valence-corrected chi connectivity index (χ4v) is 1.76. The van der Waals surface area contributed by atoms with Crippen molar-refractivity contribution in [2.75, 3.05) is 6.54 Å². The lowest BCUT2D eigenvalue weighted by atomic mass is 10.1. The average molecular weight is 277 g/mol. The number of carbonyl (C=O) groups is 2. The topological polar surface area (TPSA) is 70.2 Å². The molecule has 0 spiro atoms. The van der Waals surface area contributed by atoms with Crippen LogP contribution in [0.2, 0.25) is 0 Å². The van der Waals surface area contributed by atoms with Gasteiger partial charge in [0.15, 0.2) is 0 Å². The van der Waals surface area contributed by atoms with E-state index in [2.05, 4.69) is 16.0 Å². The molecule has 1 aliphatic heterocycles. The summed E-state index contributed by atoms with van der Waals surface area (Å²) in [4.78, 5) is 23.5. The highest BCUT2D eigenvalue weighted by Crippen LogP contribution is 2.25. The van der Waals surface area contributed by atoms with Gasteiger partial charge in [0.25, 0.3) is 5.92 Å². The Morgan fingerprint density at radius 2 is 1.95 bits per heavy atom. The molecule has 1 aliphatic rings. The summed E-state index contributed by atoms with van der Waals surface area (Å²) in [5.74, 6) is -3.78. The third kappa shape index (κ3) is 5.10. The summed E-state index contributed by atoms with van der Waals surface area (Å²) in [5, 5.41) is 7.59. The molecule has 19 heavy (non-hydrogen) atoms. The van der Waals surface area contributed by atoms with Gasteiger partial charge in [-0.1, -0.05) is 0 Å².